The number of hydrogen-bond donors (Lipinski definition) is 1. The van der Waals surface area contributed by atoms with Crippen molar-refractivity contribution in [1.82, 2.24) is 9.80 Å². The Kier molecular flexibility index (Phi) is 5.99. The summed E-state index contributed by atoms with van der Waals surface area (Å²) in [7, 11) is 3.18. The van der Waals surface area contributed by atoms with Crippen LogP contribution in [0, 0.1) is 5.41 Å². The standard InChI is InChI=1S/C22H32N2O5/c1-27-18-9-16(10-19(11-18)28-2)21(26)24-7-4-22(5-8-24)12-20(29-15-22)14-23-6-3-17(25)13-23/h9-11,17,20,25H,3-8,12-15H2,1-2H3/t17-,20+/m1/s1. The Morgan fingerprint density at radius 3 is 2.45 bits per heavy atom. The van der Waals surface area contributed by atoms with Crippen LogP contribution in [0.5, 0.6) is 11.5 Å². The number of carbonyl (C=O) groups excluding carboxylic acids is 1. The van der Waals surface area contributed by atoms with Gasteiger partial charge in [-0.2, -0.15) is 0 Å². The van der Waals surface area contributed by atoms with Gasteiger partial charge in [0, 0.05) is 44.4 Å². The van der Waals surface area contributed by atoms with Crippen molar-refractivity contribution in [2.45, 2.75) is 37.9 Å². The van der Waals surface area contributed by atoms with Gasteiger partial charge in [0.2, 0.25) is 0 Å². The summed E-state index contributed by atoms with van der Waals surface area (Å²) in [5.74, 6) is 1.28. The van der Waals surface area contributed by atoms with Gasteiger partial charge in [0.05, 0.1) is 33.0 Å². The number of methoxy groups -OCH3 is 2. The van der Waals surface area contributed by atoms with E-state index in [-0.39, 0.29) is 23.5 Å². The maximum atomic E-state index is 13.0. The molecule has 29 heavy (non-hydrogen) atoms. The molecule has 3 heterocycles. The van der Waals surface area contributed by atoms with Gasteiger partial charge in [-0.1, -0.05) is 0 Å². The number of piperidine rings is 1. The number of hydrogen-bond acceptors (Lipinski definition) is 6. The summed E-state index contributed by atoms with van der Waals surface area (Å²) in [5.41, 5.74) is 0.788. The number of carbonyl (C=O) groups is 1. The fourth-order valence-corrected chi connectivity index (χ4v) is 4.92. The Balaban J connectivity index is 1.33. The van der Waals surface area contributed by atoms with Crippen LogP contribution in [0.25, 0.3) is 0 Å². The summed E-state index contributed by atoms with van der Waals surface area (Å²) in [6.45, 7) is 4.90. The largest absolute Gasteiger partial charge is 0.497 e. The Morgan fingerprint density at radius 1 is 1.17 bits per heavy atom. The number of aliphatic hydroxyl groups excluding tert-OH is 1. The number of rotatable bonds is 5. The molecule has 0 aromatic heterocycles. The number of ether oxygens (including phenoxy) is 3. The summed E-state index contributed by atoms with van der Waals surface area (Å²) >= 11 is 0. The molecule has 0 aliphatic carbocycles. The minimum atomic E-state index is -0.185. The number of β-amino-alcohol motifs (C(OH)–C–C–N with tert-alkyl or cyclic N) is 1. The van der Waals surface area contributed by atoms with E-state index in [2.05, 4.69) is 4.90 Å². The van der Waals surface area contributed by atoms with Gasteiger partial charge in [0.25, 0.3) is 5.91 Å². The first-order valence-corrected chi connectivity index (χ1v) is 10.5. The van der Waals surface area contributed by atoms with E-state index in [9.17, 15) is 9.90 Å². The molecule has 1 amide bonds. The molecule has 4 rings (SSSR count). The van der Waals surface area contributed by atoms with Gasteiger partial charge in [0.15, 0.2) is 0 Å². The smallest absolute Gasteiger partial charge is 0.254 e. The van der Waals surface area contributed by atoms with Crippen LogP contribution < -0.4 is 9.47 Å². The van der Waals surface area contributed by atoms with Crippen LogP contribution in [0.15, 0.2) is 18.2 Å². The van der Waals surface area contributed by atoms with Crippen molar-refractivity contribution < 1.29 is 24.1 Å². The Hall–Kier alpha value is -1.83. The lowest BCUT2D eigenvalue weighted by Crippen LogP contribution is -2.43. The summed E-state index contributed by atoms with van der Waals surface area (Å²) in [6, 6.07) is 5.32. The first kappa shape index (κ1) is 20.4. The number of benzene rings is 1. The van der Waals surface area contributed by atoms with Crippen molar-refractivity contribution in [3.8, 4) is 11.5 Å². The van der Waals surface area contributed by atoms with Gasteiger partial charge < -0.3 is 24.2 Å². The second-order valence-corrected chi connectivity index (χ2v) is 8.73. The normalized spacial score (nSPS) is 26.8. The highest BCUT2D eigenvalue weighted by Gasteiger charge is 2.43. The molecule has 1 N–H and O–H groups in total. The molecule has 0 radical (unpaired) electrons. The van der Waals surface area contributed by atoms with E-state index < -0.39 is 0 Å². The number of amides is 1. The van der Waals surface area contributed by atoms with Crippen molar-refractivity contribution >= 4 is 5.91 Å². The van der Waals surface area contributed by atoms with Crippen LogP contribution >= 0.6 is 0 Å². The lowest BCUT2D eigenvalue weighted by molar-refractivity contribution is 0.0451. The molecule has 7 nitrogen and oxygen atoms in total. The van der Waals surface area contributed by atoms with E-state index in [4.69, 9.17) is 14.2 Å². The molecule has 3 saturated heterocycles. The van der Waals surface area contributed by atoms with Gasteiger partial charge in [-0.05, 0) is 43.2 Å². The maximum Gasteiger partial charge on any atom is 0.254 e. The van der Waals surface area contributed by atoms with Gasteiger partial charge in [0.1, 0.15) is 11.5 Å². The van der Waals surface area contributed by atoms with Gasteiger partial charge in [-0.15, -0.1) is 0 Å². The van der Waals surface area contributed by atoms with Crippen molar-refractivity contribution in [3.05, 3.63) is 23.8 Å². The van der Waals surface area contributed by atoms with Crippen LogP contribution in [-0.4, -0.2) is 86.6 Å². The Labute approximate surface area is 172 Å². The summed E-state index contributed by atoms with van der Waals surface area (Å²) in [4.78, 5) is 17.3. The molecular weight excluding hydrogens is 372 g/mol. The highest BCUT2D eigenvalue weighted by atomic mass is 16.5. The predicted octanol–water partition coefficient (Wildman–Crippen LogP) is 1.78. The van der Waals surface area contributed by atoms with E-state index in [0.29, 0.717) is 17.1 Å². The quantitative estimate of drug-likeness (QED) is 0.807. The molecule has 7 heteroatoms. The van der Waals surface area contributed by atoms with Gasteiger partial charge >= 0.3 is 0 Å². The average molecular weight is 405 g/mol. The molecule has 3 aliphatic rings. The average Bonchev–Trinajstić information content (AvgIpc) is 3.33. The zero-order valence-electron chi connectivity index (χ0n) is 17.4. The minimum Gasteiger partial charge on any atom is -0.497 e. The number of aliphatic hydroxyl groups is 1. The van der Waals surface area contributed by atoms with Crippen LogP contribution in [0.3, 0.4) is 0 Å². The highest BCUT2D eigenvalue weighted by Crippen LogP contribution is 2.42. The molecule has 1 aromatic carbocycles. The third-order valence-electron chi connectivity index (χ3n) is 6.70. The summed E-state index contributed by atoms with van der Waals surface area (Å²) < 4.78 is 16.7. The maximum absolute atomic E-state index is 13.0. The van der Waals surface area contributed by atoms with E-state index >= 15 is 0 Å². The Morgan fingerprint density at radius 2 is 1.86 bits per heavy atom. The highest BCUT2D eigenvalue weighted by molar-refractivity contribution is 5.95. The minimum absolute atomic E-state index is 0.0265. The fraction of sp³-hybridized carbons (Fsp3) is 0.682. The third kappa shape index (κ3) is 4.52. The van der Waals surface area contributed by atoms with Crippen LogP contribution in [0.2, 0.25) is 0 Å². The van der Waals surface area contributed by atoms with Crippen molar-refractivity contribution in [3.63, 3.8) is 0 Å². The lowest BCUT2D eigenvalue weighted by atomic mass is 9.76. The molecule has 1 spiro atoms. The summed E-state index contributed by atoms with van der Waals surface area (Å²) in [6.07, 6.45) is 3.91. The molecule has 3 aliphatic heterocycles. The molecule has 1 aromatic rings. The van der Waals surface area contributed by atoms with E-state index in [1.54, 1.807) is 32.4 Å². The van der Waals surface area contributed by atoms with Gasteiger partial charge in [-0.3, -0.25) is 9.69 Å². The number of likely N-dealkylation sites (tertiary alicyclic amines) is 2. The van der Waals surface area contributed by atoms with Crippen molar-refractivity contribution in [2.75, 3.05) is 53.6 Å². The van der Waals surface area contributed by atoms with Crippen LogP contribution in [0.1, 0.15) is 36.0 Å². The molecule has 2 atom stereocenters. The Bertz CT molecular complexity index is 710. The third-order valence-corrected chi connectivity index (χ3v) is 6.70. The van der Waals surface area contributed by atoms with E-state index in [1.165, 1.54) is 0 Å². The van der Waals surface area contributed by atoms with Crippen molar-refractivity contribution in [1.29, 1.82) is 0 Å². The predicted molar refractivity (Wildman–Crippen MR) is 109 cm³/mol. The molecule has 0 saturated carbocycles. The molecule has 0 unspecified atom stereocenters. The lowest BCUT2D eigenvalue weighted by Gasteiger charge is -2.38. The fourth-order valence-electron chi connectivity index (χ4n) is 4.92. The van der Waals surface area contributed by atoms with Crippen LogP contribution in [0.4, 0.5) is 0 Å². The van der Waals surface area contributed by atoms with E-state index in [1.807, 2.05) is 4.90 Å². The summed E-state index contributed by atoms with van der Waals surface area (Å²) in [5, 5.41) is 9.72. The molecular formula is C22H32N2O5. The zero-order valence-corrected chi connectivity index (χ0v) is 17.4. The number of nitrogens with zero attached hydrogens (tertiary/aromatic N) is 2. The topological polar surface area (TPSA) is 71.5 Å². The SMILES string of the molecule is COc1cc(OC)cc(C(=O)N2CCC3(CC2)CO[C@H](CN2CC[C@@H](O)C2)C3)c1. The molecule has 3 fully saturated rings. The first-order chi connectivity index (χ1) is 14.0. The van der Waals surface area contributed by atoms with Gasteiger partial charge in [-0.25, -0.2) is 0 Å². The van der Waals surface area contributed by atoms with E-state index in [0.717, 1.165) is 65.0 Å². The zero-order chi connectivity index (χ0) is 20.4. The second-order valence-electron chi connectivity index (χ2n) is 8.73. The second kappa shape index (κ2) is 8.50. The van der Waals surface area contributed by atoms with Crippen LogP contribution in [-0.2, 0) is 4.74 Å². The molecule has 0 bridgehead atoms. The molecule has 160 valence electrons. The first-order valence-electron chi connectivity index (χ1n) is 10.5. The van der Waals surface area contributed by atoms with Crippen molar-refractivity contribution in [2.24, 2.45) is 5.41 Å². The monoisotopic (exact) mass is 404 g/mol.